The fourth-order valence-corrected chi connectivity index (χ4v) is 3.03. The van der Waals surface area contributed by atoms with E-state index >= 15 is 0 Å². The SMILES string of the molecule is NC(=NCCCOCC1CCOCC1)NC1CCCCC1. The number of hydrogen-bond donors (Lipinski definition) is 2. The minimum atomic E-state index is 0.535. The van der Waals surface area contributed by atoms with E-state index in [1.807, 2.05) is 0 Å². The summed E-state index contributed by atoms with van der Waals surface area (Å²) in [5.41, 5.74) is 5.92. The highest BCUT2D eigenvalue weighted by Crippen LogP contribution is 2.17. The van der Waals surface area contributed by atoms with Gasteiger partial charge in [-0.1, -0.05) is 19.3 Å². The Morgan fingerprint density at radius 1 is 1.14 bits per heavy atom. The minimum absolute atomic E-state index is 0.535. The largest absolute Gasteiger partial charge is 0.381 e. The molecule has 5 nitrogen and oxygen atoms in total. The second-order valence-electron chi connectivity index (χ2n) is 6.23. The second kappa shape index (κ2) is 10.0. The lowest BCUT2D eigenvalue weighted by atomic mass is 9.96. The Morgan fingerprint density at radius 2 is 1.90 bits per heavy atom. The third kappa shape index (κ3) is 7.14. The summed E-state index contributed by atoms with van der Waals surface area (Å²) in [6.45, 7) is 4.17. The molecule has 2 rings (SSSR count). The summed E-state index contributed by atoms with van der Waals surface area (Å²) in [6, 6.07) is 0.535. The summed E-state index contributed by atoms with van der Waals surface area (Å²) in [5, 5.41) is 3.33. The summed E-state index contributed by atoms with van der Waals surface area (Å²) < 4.78 is 11.1. The predicted octanol–water partition coefficient (Wildman–Crippen LogP) is 2.06. The predicted molar refractivity (Wildman–Crippen MR) is 85.5 cm³/mol. The highest BCUT2D eigenvalue weighted by Gasteiger charge is 2.14. The van der Waals surface area contributed by atoms with Crippen LogP contribution in [0.1, 0.15) is 51.4 Å². The third-order valence-corrected chi connectivity index (χ3v) is 4.38. The lowest BCUT2D eigenvalue weighted by Crippen LogP contribution is -2.41. The van der Waals surface area contributed by atoms with Gasteiger partial charge in [-0.2, -0.15) is 0 Å². The Balaban J connectivity index is 1.46. The fourth-order valence-electron chi connectivity index (χ4n) is 3.03. The Labute approximate surface area is 128 Å². The van der Waals surface area contributed by atoms with Crippen molar-refractivity contribution < 1.29 is 9.47 Å². The van der Waals surface area contributed by atoms with Gasteiger partial charge in [0.05, 0.1) is 0 Å². The maximum atomic E-state index is 5.92. The molecule has 3 N–H and O–H groups in total. The van der Waals surface area contributed by atoms with Crippen LogP contribution in [0.2, 0.25) is 0 Å². The molecule has 0 aromatic heterocycles. The molecule has 21 heavy (non-hydrogen) atoms. The van der Waals surface area contributed by atoms with E-state index in [0.717, 1.165) is 52.2 Å². The molecule has 1 saturated carbocycles. The van der Waals surface area contributed by atoms with Crippen molar-refractivity contribution in [1.82, 2.24) is 5.32 Å². The molecule has 0 unspecified atom stereocenters. The number of ether oxygens (including phenoxy) is 2. The van der Waals surface area contributed by atoms with Gasteiger partial charge in [0.25, 0.3) is 0 Å². The molecule has 1 aliphatic heterocycles. The van der Waals surface area contributed by atoms with E-state index < -0.39 is 0 Å². The molecular weight excluding hydrogens is 266 g/mol. The summed E-state index contributed by atoms with van der Waals surface area (Å²) in [5.74, 6) is 1.28. The molecule has 122 valence electrons. The van der Waals surface area contributed by atoms with Gasteiger partial charge in [-0.25, -0.2) is 0 Å². The summed E-state index contributed by atoms with van der Waals surface area (Å²) in [4.78, 5) is 4.39. The van der Waals surface area contributed by atoms with Gasteiger partial charge in [0, 0.05) is 39.0 Å². The summed E-state index contributed by atoms with van der Waals surface area (Å²) in [6.07, 6.45) is 9.65. The zero-order chi connectivity index (χ0) is 14.8. The van der Waals surface area contributed by atoms with Crippen LogP contribution in [0.15, 0.2) is 4.99 Å². The molecule has 0 atom stereocenters. The first-order chi connectivity index (χ1) is 10.3. The van der Waals surface area contributed by atoms with Gasteiger partial charge in [0.1, 0.15) is 0 Å². The van der Waals surface area contributed by atoms with Gasteiger partial charge in [0.2, 0.25) is 0 Å². The van der Waals surface area contributed by atoms with Crippen LogP contribution in [-0.4, -0.2) is 45.0 Å². The lowest BCUT2D eigenvalue weighted by Gasteiger charge is -2.23. The molecule has 0 amide bonds. The number of guanidine groups is 1. The number of nitrogens with zero attached hydrogens (tertiary/aromatic N) is 1. The van der Waals surface area contributed by atoms with Crippen molar-refractivity contribution in [3.05, 3.63) is 0 Å². The van der Waals surface area contributed by atoms with Crippen LogP contribution in [0, 0.1) is 5.92 Å². The molecule has 0 bridgehead atoms. The van der Waals surface area contributed by atoms with Gasteiger partial charge < -0.3 is 20.5 Å². The highest BCUT2D eigenvalue weighted by molar-refractivity contribution is 5.78. The number of rotatable bonds is 7. The Bertz CT molecular complexity index is 298. The zero-order valence-electron chi connectivity index (χ0n) is 13.2. The van der Waals surface area contributed by atoms with Crippen molar-refractivity contribution in [2.45, 2.75) is 57.4 Å². The smallest absolute Gasteiger partial charge is 0.188 e. The fraction of sp³-hybridized carbons (Fsp3) is 0.938. The number of hydrogen-bond acceptors (Lipinski definition) is 3. The van der Waals surface area contributed by atoms with E-state index in [9.17, 15) is 0 Å². The zero-order valence-corrected chi connectivity index (χ0v) is 13.2. The topological polar surface area (TPSA) is 68.9 Å². The maximum absolute atomic E-state index is 5.92. The van der Waals surface area contributed by atoms with Crippen molar-refractivity contribution >= 4 is 5.96 Å². The van der Waals surface area contributed by atoms with Gasteiger partial charge in [-0.15, -0.1) is 0 Å². The van der Waals surface area contributed by atoms with Crippen molar-refractivity contribution in [3.8, 4) is 0 Å². The lowest BCUT2D eigenvalue weighted by molar-refractivity contribution is 0.0205. The van der Waals surface area contributed by atoms with Gasteiger partial charge in [0.15, 0.2) is 5.96 Å². The van der Waals surface area contributed by atoms with Crippen LogP contribution in [0.25, 0.3) is 0 Å². The van der Waals surface area contributed by atoms with E-state index in [2.05, 4.69) is 10.3 Å². The van der Waals surface area contributed by atoms with Crippen molar-refractivity contribution in [2.24, 2.45) is 16.6 Å². The average Bonchev–Trinajstić information content (AvgIpc) is 2.53. The molecule has 2 fully saturated rings. The van der Waals surface area contributed by atoms with Crippen LogP contribution in [0.3, 0.4) is 0 Å². The van der Waals surface area contributed by atoms with Crippen molar-refractivity contribution in [2.75, 3.05) is 33.0 Å². The van der Waals surface area contributed by atoms with Gasteiger partial charge >= 0.3 is 0 Å². The van der Waals surface area contributed by atoms with E-state index in [1.165, 1.54) is 32.1 Å². The van der Waals surface area contributed by atoms with Crippen LogP contribution in [0.4, 0.5) is 0 Å². The Morgan fingerprint density at radius 3 is 2.67 bits per heavy atom. The van der Waals surface area contributed by atoms with Crippen molar-refractivity contribution in [3.63, 3.8) is 0 Å². The standard InChI is InChI=1S/C16H31N3O2/c17-16(19-15-5-2-1-3-6-15)18-9-4-10-21-13-14-7-11-20-12-8-14/h14-15H,1-13H2,(H3,17,18,19). The molecule has 5 heteroatoms. The second-order valence-corrected chi connectivity index (χ2v) is 6.23. The molecule has 1 aliphatic carbocycles. The molecule has 0 aromatic carbocycles. The maximum Gasteiger partial charge on any atom is 0.188 e. The first kappa shape index (κ1) is 16.6. The highest BCUT2D eigenvalue weighted by atomic mass is 16.5. The summed E-state index contributed by atoms with van der Waals surface area (Å²) in [7, 11) is 0. The molecule has 1 saturated heterocycles. The first-order valence-electron chi connectivity index (χ1n) is 8.56. The number of nitrogens with one attached hydrogen (secondary N) is 1. The normalized spacial score (nSPS) is 22.4. The van der Waals surface area contributed by atoms with Crippen LogP contribution in [0.5, 0.6) is 0 Å². The van der Waals surface area contributed by atoms with Crippen LogP contribution in [-0.2, 0) is 9.47 Å². The number of aliphatic imine (C=N–C) groups is 1. The van der Waals surface area contributed by atoms with Crippen LogP contribution < -0.4 is 11.1 Å². The molecule has 1 heterocycles. The van der Waals surface area contributed by atoms with E-state index in [4.69, 9.17) is 15.2 Å². The Kier molecular flexibility index (Phi) is 7.89. The van der Waals surface area contributed by atoms with Gasteiger partial charge in [-0.05, 0) is 38.0 Å². The average molecular weight is 297 g/mol. The Hall–Kier alpha value is -0.810. The molecule has 2 aliphatic rings. The molecule has 0 spiro atoms. The van der Waals surface area contributed by atoms with Crippen molar-refractivity contribution in [1.29, 1.82) is 0 Å². The van der Waals surface area contributed by atoms with E-state index in [0.29, 0.717) is 17.9 Å². The molecule has 0 radical (unpaired) electrons. The minimum Gasteiger partial charge on any atom is -0.381 e. The van der Waals surface area contributed by atoms with Gasteiger partial charge in [-0.3, -0.25) is 4.99 Å². The van der Waals surface area contributed by atoms with E-state index in [1.54, 1.807) is 0 Å². The summed E-state index contributed by atoms with van der Waals surface area (Å²) >= 11 is 0. The van der Waals surface area contributed by atoms with Crippen LogP contribution >= 0.6 is 0 Å². The number of nitrogens with two attached hydrogens (primary N) is 1. The quantitative estimate of drug-likeness (QED) is 0.429. The van der Waals surface area contributed by atoms with E-state index in [-0.39, 0.29) is 0 Å². The molecule has 0 aromatic rings. The monoisotopic (exact) mass is 297 g/mol. The first-order valence-corrected chi connectivity index (χ1v) is 8.56. The molecular formula is C16H31N3O2. The third-order valence-electron chi connectivity index (χ3n) is 4.38.